The molecule has 1 aromatic heterocycles. The van der Waals surface area contributed by atoms with Crippen molar-refractivity contribution in [3.05, 3.63) is 65.4 Å². The van der Waals surface area contributed by atoms with Crippen LogP contribution in [0, 0.1) is 13.8 Å². The van der Waals surface area contributed by atoms with E-state index in [0.717, 1.165) is 27.7 Å². The van der Waals surface area contributed by atoms with Crippen LogP contribution in [0.15, 0.2) is 53.7 Å². The zero-order valence-electron chi connectivity index (χ0n) is 15.2. The topological polar surface area (TPSA) is 65.8 Å². The van der Waals surface area contributed by atoms with E-state index in [1.165, 1.54) is 0 Å². The van der Waals surface area contributed by atoms with Crippen LogP contribution in [0.25, 0.3) is 10.9 Å². The van der Waals surface area contributed by atoms with Crippen LogP contribution in [0.5, 0.6) is 0 Å². The Morgan fingerprint density at radius 2 is 2.00 bits per heavy atom. The number of hydrogen-bond acceptors (Lipinski definition) is 5. The summed E-state index contributed by atoms with van der Waals surface area (Å²) in [5, 5.41) is 12.2. The van der Waals surface area contributed by atoms with Crippen molar-refractivity contribution in [1.29, 1.82) is 0 Å². The lowest BCUT2D eigenvalue weighted by Crippen LogP contribution is -2.49. The lowest BCUT2D eigenvalue weighted by atomic mass is 9.85. The van der Waals surface area contributed by atoms with Crippen LogP contribution in [-0.2, 0) is 0 Å². The summed E-state index contributed by atoms with van der Waals surface area (Å²) in [6.45, 7) is 4.43. The second-order valence-electron chi connectivity index (χ2n) is 7.38. The van der Waals surface area contributed by atoms with Gasteiger partial charge in [-0.3, -0.25) is 9.78 Å². The molecule has 3 heterocycles. The highest BCUT2D eigenvalue weighted by Gasteiger charge is 2.52. The molecule has 0 aliphatic carbocycles. The number of Topliss-reactive ketones (excluding diaryl/α,β-unsaturated/α-hetero) is 1. The highest BCUT2D eigenvalue weighted by molar-refractivity contribution is 6.29. The summed E-state index contributed by atoms with van der Waals surface area (Å²) >= 11 is 0. The Morgan fingerprint density at radius 1 is 1.15 bits per heavy atom. The summed E-state index contributed by atoms with van der Waals surface area (Å²) in [6.07, 6.45) is 2.10. The van der Waals surface area contributed by atoms with Gasteiger partial charge in [0.2, 0.25) is 5.78 Å². The molecule has 1 N–H and O–H groups in total. The molecule has 0 saturated carbocycles. The average Bonchev–Trinajstić information content (AvgIpc) is 2.99. The van der Waals surface area contributed by atoms with E-state index >= 15 is 0 Å². The van der Waals surface area contributed by atoms with Gasteiger partial charge in [0.15, 0.2) is 5.60 Å². The van der Waals surface area contributed by atoms with E-state index in [1.807, 2.05) is 61.2 Å². The van der Waals surface area contributed by atoms with E-state index in [2.05, 4.69) is 4.98 Å². The Morgan fingerprint density at radius 3 is 2.85 bits per heavy atom. The van der Waals surface area contributed by atoms with E-state index in [1.54, 1.807) is 6.20 Å². The first kappa shape index (κ1) is 16.1. The van der Waals surface area contributed by atoms with Crippen LogP contribution >= 0.6 is 0 Å². The summed E-state index contributed by atoms with van der Waals surface area (Å²) in [6, 6.07) is 13.7. The Labute approximate surface area is 157 Å². The normalized spacial score (nSPS) is 21.2. The number of aromatic nitrogens is 1. The molecule has 5 nitrogen and oxygen atoms in total. The number of aliphatic imine (C=N–C) groups is 1. The molecule has 2 aliphatic rings. The largest absolute Gasteiger partial charge is 0.374 e. The standard InChI is InChI=1S/C22H19N3O2/c1-13-10-14(2)19-18(11-13)24-21-22(27,20(19)26)7-9-25(21)16-5-6-17-15(12-16)4-3-8-23-17/h3-6,8,10-12,27H,7,9H2,1-2H3/t22-/m1/s1. The second-order valence-corrected chi connectivity index (χ2v) is 7.38. The van der Waals surface area contributed by atoms with Gasteiger partial charge >= 0.3 is 0 Å². The van der Waals surface area contributed by atoms with Crippen LogP contribution < -0.4 is 4.90 Å². The van der Waals surface area contributed by atoms with Crippen LogP contribution in [-0.4, -0.2) is 33.9 Å². The monoisotopic (exact) mass is 357 g/mol. The molecule has 2 aliphatic heterocycles. The molecule has 0 radical (unpaired) electrons. The Hall–Kier alpha value is -3.05. The number of anilines is 1. The first-order valence-electron chi connectivity index (χ1n) is 9.07. The summed E-state index contributed by atoms with van der Waals surface area (Å²) < 4.78 is 0. The van der Waals surface area contributed by atoms with Gasteiger partial charge in [0, 0.05) is 35.8 Å². The number of carbonyl (C=O) groups excluding carboxylic acids is 1. The van der Waals surface area contributed by atoms with Crippen molar-refractivity contribution in [1.82, 2.24) is 4.98 Å². The van der Waals surface area contributed by atoms with Crippen molar-refractivity contribution >= 4 is 33.9 Å². The molecule has 27 heavy (non-hydrogen) atoms. The van der Waals surface area contributed by atoms with Gasteiger partial charge in [0.25, 0.3) is 0 Å². The van der Waals surface area contributed by atoms with Gasteiger partial charge in [0.1, 0.15) is 5.84 Å². The van der Waals surface area contributed by atoms with E-state index < -0.39 is 5.60 Å². The number of benzene rings is 2. The minimum absolute atomic E-state index is 0.245. The number of ketones is 1. The lowest BCUT2D eigenvalue weighted by molar-refractivity contribution is 0.0601. The van der Waals surface area contributed by atoms with Gasteiger partial charge in [-0.2, -0.15) is 0 Å². The molecule has 0 bridgehead atoms. The molecule has 1 atom stereocenters. The average molecular weight is 357 g/mol. The highest BCUT2D eigenvalue weighted by Crippen LogP contribution is 2.41. The zero-order chi connectivity index (χ0) is 18.8. The molecule has 0 amide bonds. The summed E-state index contributed by atoms with van der Waals surface area (Å²) in [4.78, 5) is 24.2. The van der Waals surface area contributed by atoms with Gasteiger partial charge in [-0.15, -0.1) is 0 Å². The molecule has 0 spiro atoms. The van der Waals surface area contributed by atoms with Gasteiger partial charge in [-0.05, 0) is 55.3 Å². The number of aliphatic hydroxyl groups is 1. The second kappa shape index (κ2) is 5.47. The van der Waals surface area contributed by atoms with E-state index in [0.29, 0.717) is 30.1 Å². The van der Waals surface area contributed by atoms with E-state index in [9.17, 15) is 9.90 Å². The fourth-order valence-corrected chi connectivity index (χ4v) is 4.21. The smallest absolute Gasteiger partial charge is 0.204 e. The number of pyridine rings is 1. The summed E-state index contributed by atoms with van der Waals surface area (Å²) in [5.41, 5.74) is 3.36. The maximum absolute atomic E-state index is 13.2. The molecule has 2 aromatic carbocycles. The molecule has 0 unspecified atom stereocenters. The fourth-order valence-electron chi connectivity index (χ4n) is 4.21. The predicted octanol–water partition coefficient (Wildman–Crippen LogP) is 3.72. The molecule has 1 saturated heterocycles. The first-order chi connectivity index (χ1) is 13.0. The molecular weight excluding hydrogens is 338 g/mol. The number of amidine groups is 1. The van der Waals surface area contributed by atoms with Gasteiger partial charge < -0.3 is 10.0 Å². The quantitative estimate of drug-likeness (QED) is 0.721. The summed E-state index contributed by atoms with van der Waals surface area (Å²) in [5.74, 6) is 0.179. The van der Waals surface area contributed by atoms with E-state index in [-0.39, 0.29) is 5.78 Å². The Kier molecular flexibility index (Phi) is 3.27. The Balaban J connectivity index is 1.68. The number of hydrogen-bond donors (Lipinski definition) is 1. The maximum Gasteiger partial charge on any atom is 0.204 e. The predicted molar refractivity (Wildman–Crippen MR) is 106 cm³/mol. The molecule has 1 fully saturated rings. The third-order valence-electron chi connectivity index (χ3n) is 5.51. The van der Waals surface area contributed by atoms with Crippen molar-refractivity contribution in [3.8, 4) is 0 Å². The number of rotatable bonds is 1. The first-order valence-corrected chi connectivity index (χ1v) is 9.07. The van der Waals surface area contributed by atoms with Crippen LogP contribution in [0.3, 0.4) is 0 Å². The Bertz CT molecular complexity index is 1150. The molecular formula is C22H19N3O2. The zero-order valence-corrected chi connectivity index (χ0v) is 15.2. The number of carbonyl (C=O) groups is 1. The van der Waals surface area contributed by atoms with Crippen LogP contribution in [0.1, 0.15) is 27.9 Å². The number of nitrogens with zero attached hydrogens (tertiary/aromatic N) is 3. The van der Waals surface area contributed by atoms with Crippen molar-refractivity contribution in [2.75, 3.05) is 11.4 Å². The molecule has 134 valence electrons. The van der Waals surface area contributed by atoms with Crippen molar-refractivity contribution in [3.63, 3.8) is 0 Å². The van der Waals surface area contributed by atoms with Gasteiger partial charge in [0.05, 0.1) is 11.2 Å². The molecule has 3 aromatic rings. The number of aryl methyl sites for hydroxylation is 2. The third kappa shape index (κ3) is 2.25. The van der Waals surface area contributed by atoms with Crippen molar-refractivity contribution in [2.24, 2.45) is 4.99 Å². The SMILES string of the molecule is Cc1cc(C)c2c(c1)N=C1N(c3ccc4ncccc4c3)CC[C@@]1(O)C2=O. The van der Waals surface area contributed by atoms with Gasteiger partial charge in [-0.25, -0.2) is 4.99 Å². The van der Waals surface area contributed by atoms with E-state index in [4.69, 9.17) is 4.99 Å². The van der Waals surface area contributed by atoms with Crippen molar-refractivity contribution < 1.29 is 9.90 Å². The van der Waals surface area contributed by atoms with Crippen LogP contribution in [0.2, 0.25) is 0 Å². The summed E-state index contributed by atoms with van der Waals surface area (Å²) in [7, 11) is 0. The van der Waals surface area contributed by atoms with Gasteiger partial charge in [-0.1, -0.05) is 12.1 Å². The maximum atomic E-state index is 13.2. The third-order valence-corrected chi connectivity index (χ3v) is 5.51. The molecule has 5 heteroatoms. The van der Waals surface area contributed by atoms with Crippen molar-refractivity contribution in [2.45, 2.75) is 25.9 Å². The molecule has 5 rings (SSSR count). The minimum atomic E-state index is -1.56. The fraction of sp³-hybridized carbons (Fsp3) is 0.227. The minimum Gasteiger partial charge on any atom is -0.374 e. The van der Waals surface area contributed by atoms with Crippen LogP contribution in [0.4, 0.5) is 11.4 Å². The highest BCUT2D eigenvalue weighted by atomic mass is 16.3. The number of fused-ring (bicyclic) bond motifs is 3. The lowest BCUT2D eigenvalue weighted by Gasteiger charge is -2.30.